The van der Waals surface area contributed by atoms with Crippen LogP contribution in [0.15, 0.2) is 53.4 Å². The predicted octanol–water partition coefficient (Wildman–Crippen LogP) is 3.55. The highest BCUT2D eigenvalue weighted by Gasteiger charge is 2.20. The summed E-state index contributed by atoms with van der Waals surface area (Å²) in [4.78, 5) is 12.2. The first kappa shape index (κ1) is 19.2. The Hall–Kier alpha value is -2.15. The van der Waals surface area contributed by atoms with E-state index in [0.29, 0.717) is 16.3 Å². The molecular weight excluding hydrogens is 360 g/mol. The SMILES string of the molecule is Cc1ccc(NC(=O)/C=C/c2ccccc2Cl)cc1S(=O)(=O)N(C)C. The topological polar surface area (TPSA) is 66.5 Å². The smallest absolute Gasteiger partial charge is 0.248 e. The Morgan fingerprint density at radius 2 is 1.84 bits per heavy atom. The largest absolute Gasteiger partial charge is 0.322 e. The highest BCUT2D eigenvalue weighted by molar-refractivity contribution is 7.89. The van der Waals surface area contributed by atoms with E-state index in [1.54, 1.807) is 43.3 Å². The van der Waals surface area contributed by atoms with Gasteiger partial charge in [-0.1, -0.05) is 35.9 Å². The number of aryl methyl sites for hydroxylation is 1. The predicted molar refractivity (Wildman–Crippen MR) is 101 cm³/mol. The Morgan fingerprint density at radius 3 is 2.48 bits per heavy atom. The Labute approximate surface area is 153 Å². The van der Waals surface area contributed by atoms with Gasteiger partial charge in [0.15, 0.2) is 0 Å². The summed E-state index contributed by atoms with van der Waals surface area (Å²) >= 11 is 6.03. The molecule has 0 saturated carbocycles. The normalized spacial score (nSPS) is 11.9. The summed E-state index contributed by atoms with van der Waals surface area (Å²) in [6.07, 6.45) is 2.95. The second kappa shape index (κ2) is 7.82. The maximum atomic E-state index is 12.3. The highest BCUT2D eigenvalue weighted by Crippen LogP contribution is 2.22. The lowest BCUT2D eigenvalue weighted by atomic mass is 10.2. The quantitative estimate of drug-likeness (QED) is 0.809. The van der Waals surface area contributed by atoms with Gasteiger partial charge in [-0.2, -0.15) is 0 Å². The van der Waals surface area contributed by atoms with Gasteiger partial charge in [0, 0.05) is 30.9 Å². The molecular formula is C18H19ClN2O3S. The van der Waals surface area contributed by atoms with E-state index in [1.165, 1.54) is 26.2 Å². The van der Waals surface area contributed by atoms with E-state index in [2.05, 4.69) is 5.32 Å². The Bertz CT molecular complexity index is 922. The lowest BCUT2D eigenvalue weighted by Crippen LogP contribution is -2.23. The van der Waals surface area contributed by atoms with E-state index in [9.17, 15) is 13.2 Å². The van der Waals surface area contributed by atoms with Crippen molar-refractivity contribution in [2.45, 2.75) is 11.8 Å². The molecule has 0 radical (unpaired) electrons. The fourth-order valence-corrected chi connectivity index (χ4v) is 3.46. The number of nitrogens with zero attached hydrogens (tertiary/aromatic N) is 1. The Morgan fingerprint density at radius 1 is 1.16 bits per heavy atom. The van der Waals surface area contributed by atoms with Crippen LogP contribution < -0.4 is 5.32 Å². The van der Waals surface area contributed by atoms with Gasteiger partial charge in [-0.3, -0.25) is 4.79 Å². The summed E-state index contributed by atoms with van der Waals surface area (Å²) in [6.45, 7) is 1.71. The van der Waals surface area contributed by atoms with Gasteiger partial charge in [0.2, 0.25) is 15.9 Å². The lowest BCUT2D eigenvalue weighted by molar-refractivity contribution is -0.111. The van der Waals surface area contributed by atoms with Crippen LogP contribution in [0.5, 0.6) is 0 Å². The van der Waals surface area contributed by atoms with Gasteiger partial charge in [0.25, 0.3) is 0 Å². The molecule has 0 aliphatic heterocycles. The summed E-state index contributed by atoms with van der Waals surface area (Å²) in [7, 11) is -0.651. The van der Waals surface area contributed by atoms with Crippen molar-refractivity contribution in [3.63, 3.8) is 0 Å². The van der Waals surface area contributed by atoms with Gasteiger partial charge in [0.05, 0.1) is 4.90 Å². The lowest BCUT2D eigenvalue weighted by Gasteiger charge is -2.14. The molecule has 2 aromatic carbocycles. The van der Waals surface area contributed by atoms with Crippen LogP contribution >= 0.6 is 11.6 Å². The highest BCUT2D eigenvalue weighted by atomic mass is 35.5. The third kappa shape index (κ3) is 4.69. The van der Waals surface area contributed by atoms with Crippen LogP contribution in [-0.4, -0.2) is 32.7 Å². The minimum Gasteiger partial charge on any atom is -0.322 e. The molecule has 132 valence electrons. The van der Waals surface area contributed by atoms with Gasteiger partial charge < -0.3 is 5.32 Å². The summed E-state index contributed by atoms with van der Waals surface area (Å²) in [5.74, 6) is -0.378. The number of hydrogen-bond acceptors (Lipinski definition) is 3. The summed E-state index contributed by atoms with van der Waals surface area (Å²) in [5.41, 5.74) is 1.73. The molecule has 0 spiro atoms. The number of hydrogen-bond donors (Lipinski definition) is 1. The van der Waals surface area contributed by atoms with Crippen LogP contribution in [0, 0.1) is 6.92 Å². The van der Waals surface area contributed by atoms with Crippen molar-refractivity contribution in [2.24, 2.45) is 0 Å². The van der Waals surface area contributed by atoms with Crippen molar-refractivity contribution in [3.05, 3.63) is 64.7 Å². The number of amides is 1. The second-order valence-corrected chi connectivity index (χ2v) is 8.14. The van der Waals surface area contributed by atoms with E-state index in [-0.39, 0.29) is 10.8 Å². The number of benzene rings is 2. The molecule has 0 aliphatic rings. The van der Waals surface area contributed by atoms with Crippen molar-refractivity contribution >= 4 is 39.3 Å². The van der Waals surface area contributed by atoms with Gasteiger partial charge in [-0.25, -0.2) is 12.7 Å². The Kier molecular flexibility index (Phi) is 6.00. The third-order valence-corrected chi connectivity index (χ3v) is 5.84. The molecule has 7 heteroatoms. The first-order valence-electron chi connectivity index (χ1n) is 7.48. The average molecular weight is 379 g/mol. The summed E-state index contributed by atoms with van der Waals surface area (Å²) in [5, 5.41) is 3.20. The molecule has 25 heavy (non-hydrogen) atoms. The van der Waals surface area contributed by atoms with Crippen molar-refractivity contribution in [1.29, 1.82) is 0 Å². The monoisotopic (exact) mass is 378 g/mol. The van der Waals surface area contributed by atoms with E-state index in [0.717, 1.165) is 9.87 Å². The van der Waals surface area contributed by atoms with Crippen molar-refractivity contribution in [3.8, 4) is 0 Å². The fourth-order valence-electron chi connectivity index (χ4n) is 2.11. The van der Waals surface area contributed by atoms with Crippen molar-refractivity contribution in [1.82, 2.24) is 4.31 Å². The van der Waals surface area contributed by atoms with E-state index < -0.39 is 10.0 Å². The molecule has 2 aromatic rings. The van der Waals surface area contributed by atoms with Crippen LogP contribution in [0.3, 0.4) is 0 Å². The van der Waals surface area contributed by atoms with Crippen LogP contribution in [0.4, 0.5) is 5.69 Å². The molecule has 0 atom stereocenters. The zero-order chi connectivity index (χ0) is 18.6. The average Bonchev–Trinajstić information content (AvgIpc) is 2.55. The molecule has 0 saturated heterocycles. The van der Waals surface area contributed by atoms with Crippen LogP contribution in [0.1, 0.15) is 11.1 Å². The third-order valence-electron chi connectivity index (χ3n) is 3.53. The molecule has 1 N–H and O–H groups in total. The number of rotatable bonds is 5. The number of carbonyl (C=O) groups is 1. The molecule has 0 heterocycles. The zero-order valence-corrected chi connectivity index (χ0v) is 15.7. The zero-order valence-electron chi connectivity index (χ0n) is 14.2. The van der Waals surface area contributed by atoms with E-state index in [1.807, 2.05) is 6.07 Å². The molecule has 2 rings (SSSR count). The van der Waals surface area contributed by atoms with Crippen LogP contribution in [0.2, 0.25) is 5.02 Å². The Balaban J connectivity index is 2.21. The molecule has 5 nitrogen and oxygen atoms in total. The van der Waals surface area contributed by atoms with Gasteiger partial charge in [-0.05, 0) is 42.3 Å². The number of halogens is 1. The van der Waals surface area contributed by atoms with E-state index in [4.69, 9.17) is 11.6 Å². The summed E-state index contributed by atoms with van der Waals surface area (Å²) < 4.78 is 25.8. The standard InChI is InChI=1S/C18H19ClN2O3S/c1-13-8-10-15(12-17(13)25(23,24)21(2)3)20-18(22)11-9-14-6-4-5-7-16(14)19/h4-12H,1-3H3,(H,20,22)/b11-9+. The van der Waals surface area contributed by atoms with Crippen molar-refractivity contribution in [2.75, 3.05) is 19.4 Å². The molecule has 0 bridgehead atoms. The molecule has 0 unspecified atom stereocenters. The number of nitrogens with one attached hydrogen (secondary N) is 1. The minimum atomic E-state index is -3.58. The number of carbonyl (C=O) groups excluding carboxylic acids is 1. The molecule has 1 amide bonds. The second-order valence-electron chi connectivity index (χ2n) is 5.61. The van der Waals surface area contributed by atoms with Crippen LogP contribution in [0.25, 0.3) is 6.08 Å². The van der Waals surface area contributed by atoms with Gasteiger partial charge in [0.1, 0.15) is 0 Å². The number of sulfonamides is 1. The van der Waals surface area contributed by atoms with E-state index >= 15 is 0 Å². The minimum absolute atomic E-state index is 0.158. The number of anilines is 1. The van der Waals surface area contributed by atoms with Gasteiger partial charge in [-0.15, -0.1) is 0 Å². The maximum absolute atomic E-state index is 12.3. The molecule has 0 aromatic heterocycles. The first-order valence-corrected chi connectivity index (χ1v) is 9.30. The molecule has 0 fully saturated rings. The molecule has 0 aliphatic carbocycles. The van der Waals surface area contributed by atoms with Crippen molar-refractivity contribution < 1.29 is 13.2 Å². The fraction of sp³-hybridized carbons (Fsp3) is 0.167. The maximum Gasteiger partial charge on any atom is 0.248 e. The van der Waals surface area contributed by atoms with Crippen LogP contribution in [-0.2, 0) is 14.8 Å². The van der Waals surface area contributed by atoms with Gasteiger partial charge >= 0.3 is 0 Å². The summed E-state index contributed by atoms with van der Waals surface area (Å²) in [6, 6.07) is 11.9. The first-order chi connectivity index (χ1) is 11.7.